The van der Waals surface area contributed by atoms with Crippen molar-refractivity contribution in [1.82, 2.24) is 20.0 Å². The van der Waals surface area contributed by atoms with Crippen molar-refractivity contribution in [1.29, 1.82) is 0 Å². The van der Waals surface area contributed by atoms with Gasteiger partial charge in [-0.25, -0.2) is 4.68 Å². The Hall–Kier alpha value is -2.51. The molecule has 0 saturated heterocycles. The van der Waals surface area contributed by atoms with E-state index in [1.165, 1.54) is 9.56 Å². The van der Waals surface area contributed by atoms with Crippen molar-refractivity contribution in [2.45, 2.75) is 26.4 Å². The Morgan fingerprint density at radius 3 is 2.50 bits per heavy atom. The van der Waals surface area contributed by atoms with Gasteiger partial charge in [0.15, 0.2) is 5.69 Å². The van der Waals surface area contributed by atoms with Gasteiger partial charge in [0.2, 0.25) is 0 Å². The summed E-state index contributed by atoms with van der Waals surface area (Å²) in [4.78, 5) is 29.0. The van der Waals surface area contributed by atoms with Gasteiger partial charge in [0.1, 0.15) is 0 Å². The highest BCUT2D eigenvalue weighted by Gasteiger charge is 2.20. The van der Waals surface area contributed by atoms with E-state index < -0.39 is 0 Å². The van der Waals surface area contributed by atoms with Crippen LogP contribution in [-0.4, -0.2) is 41.2 Å². The Labute approximate surface area is 168 Å². The summed E-state index contributed by atoms with van der Waals surface area (Å²) in [6.45, 7) is 4.97. The van der Waals surface area contributed by atoms with Crippen molar-refractivity contribution in [2.24, 2.45) is 5.92 Å². The number of benzene rings is 1. The Balaban J connectivity index is 1.92. The lowest BCUT2D eigenvalue weighted by Gasteiger charge is -2.23. The van der Waals surface area contributed by atoms with E-state index >= 15 is 0 Å². The maximum absolute atomic E-state index is 13.0. The average Bonchev–Trinajstić information content (AvgIpc) is 3.18. The molecule has 0 saturated carbocycles. The van der Waals surface area contributed by atoms with Gasteiger partial charge in [0, 0.05) is 23.4 Å². The Morgan fingerprint density at radius 2 is 1.89 bits per heavy atom. The summed E-state index contributed by atoms with van der Waals surface area (Å²) >= 11 is 1.67. The number of aromatic nitrogens is 2. The summed E-state index contributed by atoms with van der Waals surface area (Å²) in [5, 5.41) is 10.6. The fraction of sp³-hybridized carbons (Fsp3) is 0.381. The van der Waals surface area contributed by atoms with E-state index in [4.69, 9.17) is 0 Å². The van der Waals surface area contributed by atoms with Crippen LogP contribution in [0.4, 0.5) is 0 Å². The van der Waals surface area contributed by atoms with Gasteiger partial charge in [-0.1, -0.05) is 38.1 Å². The minimum absolute atomic E-state index is 0.0804. The maximum atomic E-state index is 13.0. The normalized spacial score (nSPS) is 12.6. The minimum atomic E-state index is -0.267. The molecule has 1 N–H and O–H groups in total. The van der Waals surface area contributed by atoms with Crippen LogP contribution in [0.15, 0.2) is 46.6 Å². The quantitative estimate of drug-likeness (QED) is 0.664. The van der Waals surface area contributed by atoms with Crippen LogP contribution in [0.1, 0.15) is 35.3 Å². The number of likely N-dealkylation sites (N-methyl/N-ethyl adjacent to an activating group) is 1. The van der Waals surface area contributed by atoms with Gasteiger partial charge in [-0.3, -0.25) is 9.59 Å². The number of nitrogens with zero attached hydrogens (tertiary/aromatic N) is 3. The van der Waals surface area contributed by atoms with Gasteiger partial charge in [0.25, 0.3) is 11.5 Å². The molecule has 1 atom stereocenters. The number of fused-ring (bicyclic) bond motifs is 1. The molecule has 1 aromatic carbocycles. The smallest absolute Gasteiger partial charge is 0.274 e. The van der Waals surface area contributed by atoms with Crippen LogP contribution in [-0.2, 0) is 6.54 Å². The van der Waals surface area contributed by atoms with Gasteiger partial charge in [-0.2, -0.15) is 5.10 Å². The summed E-state index contributed by atoms with van der Waals surface area (Å²) in [5.74, 6) is -0.0173. The monoisotopic (exact) mass is 398 g/mol. The second-order valence-corrected chi connectivity index (χ2v) is 8.46. The summed E-state index contributed by atoms with van der Waals surface area (Å²) < 4.78 is 1.41. The van der Waals surface area contributed by atoms with Crippen LogP contribution in [0.5, 0.6) is 0 Å². The van der Waals surface area contributed by atoms with E-state index in [0.717, 1.165) is 0 Å². The first-order valence-electron chi connectivity index (χ1n) is 9.36. The minimum Gasteiger partial charge on any atom is -0.349 e. The fourth-order valence-electron chi connectivity index (χ4n) is 3.16. The van der Waals surface area contributed by atoms with Gasteiger partial charge in [0.05, 0.1) is 11.4 Å². The SMILES string of the molecule is CC(C)Cn1nc(C(=O)NCC(c2cccs2)N(C)C)c2ccccc2c1=O. The van der Waals surface area contributed by atoms with Crippen molar-refractivity contribution in [3.8, 4) is 0 Å². The molecule has 0 aliphatic heterocycles. The molecule has 28 heavy (non-hydrogen) atoms. The molecule has 1 amide bonds. The Morgan fingerprint density at radius 1 is 1.18 bits per heavy atom. The molecule has 3 rings (SSSR count). The molecular weight excluding hydrogens is 372 g/mol. The van der Waals surface area contributed by atoms with Crippen LogP contribution in [0, 0.1) is 5.92 Å². The predicted octanol–water partition coefficient (Wildman–Crippen LogP) is 3.15. The lowest BCUT2D eigenvalue weighted by molar-refractivity contribution is 0.0936. The first-order valence-corrected chi connectivity index (χ1v) is 10.2. The largest absolute Gasteiger partial charge is 0.349 e. The molecule has 0 radical (unpaired) electrons. The van der Waals surface area contributed by atoms with Crippen LogP contribution < -0.4 is 10.9 Å². The molecule has 0 spiro atoms. The van der Waals surface area contributed by atoms with E-state index in [2.05, 4.69) is 21.4 Å². The molecule has 7 heteroatoms. The fourth-order valence-corrected chi connectivity index (χ4v) is 4.09. The number of amides is 1. The first-order chi connectivity index (χ1) is 13.4. The zero-order chi connectivity index (χ0) is 20.3. The highest BCUT2D eigenvalue weighted by Crippen LogP contribution is 2.22. The van der Waals surface area contributed by atoms with Crippen molar-refractivity contribution >= 4 is 28.0 Å². The second kappa shape index (κ2) is 8.67. The van der Waals surface area contributed by atoms with Crippen molar-refractivity contribution < 1.29 is 4.79 Å². The lowest BCUT2D eigenvalue weighted by atomic mass is 10.1. The van der Waals surface area contributed by atoms with Crippen LogP contribution in [0.3, 0.4) is 0 Å². The van der Waals surface area contributed by atoms with Gasteiger partial charge in [-0.15, -0.1) is 11.3 Å². The van der Waals surface area contributed by atoms with Gasteiger partial charge in [-0.05, 0) is 37.5 Å². The zero-order valence-corrected chi connectivity index (χ0v) is 17.5. The second-order valence-electron chi connectivity index (χ2n) is 7.48. The summed E-state index contributed by atoms with van der Waals surface area (Å²) in [7, 11) is 3.99. The predicted molar refractivity (Wildman–Crippen MR) is 114 cm³/mol. The van der Waals surface area contributed by atoms with Crippen LogP contribution in [0.25, 0.3) is 10.8 Å². The van der Waals surface area contributed by atoms with Crippen LogP contribution in [0.2, 0.25) is 0 Å². The van der Waals surface area contributed by atoms with E-state index in [-0.39, 0.29) is 23.4 Å². The molecule has 6 nitrogen and oxygen atoms in total. The molecule has 3 aromatic rings. The molecular formula is C21H26N4O2S. The third-order valence-electron chi connectivity index (χ3n) is 4.57. The number of thiophene rings is 1. The highest BCUT2D eigenvalue weighted by molar-refractivity contribution is 7.10. The third kappa shape index (κ3) is 4.31. The van der Waals surface area contributed by atoms with E-state index in [1.807, 2.05) is 51.5 Å². The highest BCUT2D eigenvalue weighted by atomic mass is 32.1. The molecule has 2 heterocycles. The number of hydrogen-bond donors (Lipinski definition) is 1. The number of nitrogens with one attached hydrogen (secondary N) is 1. The molecule has 0 aliphatic carbocycles. The number of carbonyl (C=O) groups excluding carboxylic acids is 1. The molecule has 1 unspecified atom stereocenters. The van der Waals surface area contributed by atoms with Crippen LogP contribution >= 0.6 is 11.3 Å². The molecule has 0 aliphatic rings. The Kier molecular flexibility index (Phi) is 6.26. The van der Waals surface area contributed by atoms with Crippen molar-refractivity contribution in [3.63, 3.8) is 0 Å². The first kappa shape index (κ1) is 20.2. The molecule has 0 fully saturated rings. The Bertz CT molecular complexity index is 1010. The average molecular weight is 399 g/mol. The van der Waals surface area contributed by atoms with Crippen molar-refractivity contribution in [3.05, 3.63) is 62.7 Å². The van der Waals surface area contributed by atoms with Gasteiger partial charge >= 0.3 is 0 Å². The number of rotatable bonds is 7. The molecule has 2 aromatic heterocycles. The zero-order valence-electron chi connectivity index (χ0n) is 16.7. The van der Waals surface area contributed by atoms with Crippen molar-refractivity contribution in [2.75, 3.05) is 20.6 Å². The lowest BCUT2D eigenvalue weighted by Crippen LogP contribution is -2.36. The summed E-state index contributed by atoms with van der Waals surface area (Å²) in [6.07, 6.45) is 0. The number of carbonyl (C=O) groups is 1. The van der Waals surface area contributed by atoms with E-state index in [9.17, 15) is 9.59 Å². The molecule has 148 valence electrons. The standard InChI is InChI=1S/C21H26N4O2S/c1-14(2)13-25-21(27)16-9-6-5-8-15(16)19(23-25)20(26)22-12-17(24(3)4)18-10-7-11-28-18/h5-11,14,17H,12-13H2,1-4H3,(H,22,26). The third-order valence-corrected chi connectivity index (χ3v) is 5.55. The molecule has 0 bridgehead atoms. The van der Waals surface area contributed by atoms with E-state index in [0.29, 0.717) is 29.6 Å². The van der Waals surface area contributed by atoms with E-state index in [1.54, 1.807) is 23.5 Å². The summed E-state index contributed by atoms with van der Waals surface area (Å²) in [6, 6.07) is 11.3. The van der Waals surface area contributed by atoms with Gasteiger partial charge < -0.3 is 10.2 Å². The number of hydrogen-bond acceptors (Lipinski definition) is 5. The maximum Gasteiger partial charge on any atom is 0.274 e. The topological polar surface area (TPSA) is 67.2 Å². The summed E-state index contributed by atoms with van der Waals surface area (Å²) in [5.41, 5.74) is 0.130.